The second-order valence-electron chi connectivity index (χ2n) is 31.6. The van der Waals surface area contributed by atoms with Gasteiger partial charge in [0.05, 0.1) is 11.4 Å². The fourth-order valence-corrected chi connectivity index (χ4v) is 19.6. The SMILES string of the molecule is CC1(C)c2ccccc2-c2ccc(-c3ccc(-c4nc(-c5ccccc5)nc(-c5ccc(-c6ccc7c(c6)C(C)(C)c6cc(C8=CC9C(C=C8)c8ccc(-c%10cc(-c%11ccc(-c%12ccccc%12)cc%11)nc(-c%11ccc%12ccccc%12c%11)n%10)cc8C98c9ccccc9C9C=CC=CC98C)ccc6-7)cc5)n4)cc3)cc21. The molecule has 13 aromatic carbocycles. The molecule has 5 unspecified atom stereocenters. The van der Waals surface area contributed by atoms with Crippen LogP contribution in [0.3, 0.4) is 0 Å². The van der Waals surface area contributed by atoms with E-state index in [2.05, 4.69) is 362 Å². The minimum Gasteiger partial charge on any atom is -0.228 e. The van der Waals surface area contributed by atoms with Crippen molar-refractivity contribution in [2.75, 3.05) is 0 Å². The third kappa shape index (κ3) is 9.73. The molecule has 108 heavy (non-hydrogen) atoms. The Hall–Kier alpha value is -12.8. The van der Waals surface area contributed by atoms with Gasteiger partial charge in [0.2, 0.25) is 0 Å². The van der Waals surface area contributed by atoms with E-state index >= 15 is 0 Å². The molecule has 512 valence electrons. The molecule has 5 heteroatoms. The van der Waals surface area contributed by atoms with E-state index in [0.29, 0.717) is 23.3 Å². The molecule has 5 nitrogen and oxygen atoms in total. The average Bonchev–Trinajstić information content (AvgIpc) is 1.48. The highest BCUT2D eigenvalue weighted by Gasteiger charge is 2.67. The molecule has 2 aromatic heterocycles. The molecule has 0 radical (unpaired) electrons. The molecule has 6 aliphatic rings. The van der Waals surface area contributed by atoms with E-state index in [0.717, 1.165) is 61.3 Å². The Morgan fingerprint density at radius 3 is 1.37 bits per heavy atom. The van der Waals surface area contributed by atoms with Crippen molar-refractivity contribution in [2.24, 2.45) is 11.3 Å². The van der Waals surface area contributed by atoms with Crippen LogP contribution in [0.25, 0.3) is 140 Å². The molecule has 0 bridgehead atoms. The van der Waals surface area contributed by atoms with Crippen molar-refractivity contribution < 1.29 is 0 Å². The van der Waals surface area contributed by atoms with Gasteiger partial charge in [0.1, 0.15) is 0 Å². The first kappa shape index (κ1) is 63.6. The fraction of sp³-hybridized carbons (Fsp3) is 0.117. The van der Waals surface area contributed by atoms with E-state index in [1.807, 2.05) is 18.2 Å². The van der Waals surface area contributed by atoms with Gasteiger partial charge < -0.3 is 0 Å². The first-order valence-electron chi connectivity index (χ1n) is 38.0. The van der Waals surface area contributed by atoms with Crippen LogP contribution in [0.2, 0.25) is 0 Å². The lowest BCUT2D eigenvalue weighted by molar-refractivity contribution is 0.199. The summed E-state index contributed by atoms with van der Waals surface area (Å²) in [6, 6.07) is 111. The van der Waals surface area contributed by atoms with Crippen molar-refractivity contribution in [1.29, 1.82) is 0 Å². The smallest absolute Gasteiger partial charge is 0.164 e. The summed E-state index contributed by atoms with van der Waals surface area (Å²) in [6.45, 7) is 12.0. The largest absolute Gasteiger partial charge is 0.228 e. The third-order valence-electron chi connectivity index (χ3n) is 25.2. The van der Waals surface area contributed by atoms with E-state index in [9.17, 15) is 0 Å². The van der Waals surface area contributed by atoms with Crippen LogP contribution in [0.5, 0.6) is 0 Å². The summed E-state index contributed by atoms with van der Waals surface area (Å²) in [6.07, 6.45) is 17.2. The number of fused-ring (bicyclic) bond motifs is 17. The monoisotopic (exact) mass is 1380 g/mol. The third-order valence-corrected chi connectivity index (χ3v) is 25.2. The lowest BCUT2D eigenvalue weighted by Gasteiger charge is -2.48. The van der Waals surface area contributed by atoms with Gasteiger partial charge in [-0.15, -0.1) is 0 Å². The van der Waals surface area contributed by atoms with Gasteiger partial charge in [-0.05, 0) is 158 Å². The second-order valence-corrected chi connectivity index (χ2v) is 31.6. The summed E-state index contributed by atoms with van der Waals surface area (Å²) < 4.78 is 0. The first-order chi connectivity index (χ1) is 52.8. The van der Waals surface area contributed by atoms with Crippen LogP contribution in [-0.2, 0) is 16.2 Å². The normalized spacial score (nSPS) is 19.4. The van der Waals surface area contributed by atoms with Gasteiger partial charge in [-0.3, -0.25) is 0 Å². The van der Waals surface area contributed by atoms with E-state index in [1.165, 1.54) is 106 Å². The molecule has 15 aromatic rings. The molecule has 6 aliphatic carbocycles. The summed E-state index contributed by atoms with van der Waals surface area (Å²) in [5, 5.41) is 2.35. The zero-order valence-corrected chi connectivity index (χ0v) is 60.9. The summed E-state index contributed by atoms with van der Waals surface area (Å²) in [4.78, 5) is 26.4. The number of rotatable bonds is 10. The molecule has 2 heterocycles. The molecule has 0 fully saturated rings. The van der Waals surface area contributed by atoms with Crippen molar-refractivity contribution in [3.63, 3.8) is 0 Å². The summed E-state index contributed by atoms with van der Waals surface area (Å²) in [7, 11) is 0. The van der Waals surface area contributed by atoms with Crippen molar-refractivity contribution in [3.05, 3.63) is 396 Å². The van der Waals surface area contributed by atoms with E-state index in [-0.39, 0.29) is 34.0 Å². The number of hydrogen-bond donors (Lipinski definition) is 0. The molecule has 1 spiro atoms. The summed E-state index contributed by atoms with van der Waals surface area (Å²) in [5.74, 6) is 3.04. The van der Waals surface area contributed by atoms with Crippen molar-refractivity contribution in [2.45, 2.75) is 62.7 Å². The van der Waals surface area contributed by atoms with Crippen LogP contribution in [0.1, 0.15) is 96.5 Å². The van der Waals surface area contributed by atoms with Crippen LogP contribution in [0, 0.1) is 11.3 Å². The highest BCUT2D eigenvalue weighted by atomic mass is 15.0. The van der Waals surface area contributed by atoms with E-state index in [1.54, 1.807) is 0 Å². The molecule has 0 aliphatic heterocycles. The first-order valence-corrected chi connectivity index (χ1v) is 38.0. The number of benzene rings is 13. The fourth-order valence-electron chi connectivity index (χ4n) is 19.6. The Bertz CT molecular complexity index is 6370. The van der Waals surface area contributed by atoms with Crippen molar-refractivity contribution in [3.8, 4) is 124 Å². The Labute approximate surface area is 630 Å². The summed E-state index contributed by atoms with van der Waals surface area (Å²) >= 11 is 0. The molecule has 0 N–H and O–H groups in total. The van der Waals surface area contributed by atoms with Crippen molar-refractivity contribution in [1.82, 2.24) is 24.9 Å². The maximum Gasteiger partial charge on any atom is 0.164 e. The van der Waals surface area contributed by atoms with Crippen LogP contribution in [0.15, 0.2) is 346 Å². The molecule has 0 saturated carbocycles. The van der Waals surface area contributed by atoms with E-state index < -0.39 is 5.41 Å². The minimum atomic E-state index is -0.434. The maximum absolute atomic E-state index is 5.56. The number of allylic oxidation sites excluding steroid dienone is 8. The Morgan fingerprint density at radius 2 is 0.722 bits per heavy atom. The Kier molecular flexibility index (Phi) is 14.2. The summed E-state index contributed by atoms with van der Waals surface area (Å²) in [5.41, 5.74) is 32.4. The molecule has 21 rings (SSSR count). The van der Waals surface area contributed by atoms with Gasteiger partial charge >= 0.3 is 0 Å². The molecular weight excluding hydrogens is 1310 g/mol. The van der Waals surface area contributed by atoms with Crippen LogP contribution in [0.4, 0.5) is 0 Å². The zero-order chi connectivity index (χ0) is 72.2. The maximum atomic E-state index is 5.56. The molecule has 5 atom stereocenters. The standard InChI is InChI=1S/C103H75N5/c1-100(2)86-28-16-14-26-79(86)80-50-45-73(57-89(80)100)66-33-40-70(41-34-66)97-106-96(69-23-10-7-11-24-69)107-98(108-97)71-42-35-67(36-43-71)74-46-51-81-82-52-47-75(59-91(82)101(3,4)90(81)58-74)76-48-53-83-84-54-49-77(61-93(84)103(92(83)60-76)88-30-17-15-27-85(88)87-29-18-19-55-102(87,103)5)95-62-94(68-38-31-65(32-39-68)63-20-8-6-9-21-63)104-99(105-95)78-44-37-64-22-12-13-25-72(64)56-78/h6-62,83,87,92H,1-5H3. The zero-order valence-electron chi connectivity index (χ0n) is 60.9. The predicted octanol–water partition coefficient (Wildman–Crippen LogP) is 25.3. The molecule has 0 amide bonds. The van der Waals surface area contributed by atoms with Crippen molar-refractivity contribution >= 4 is 16.3 Å². The lowest BCUT2D eigenvalue weighted by Crippen LogP contribution is -2.46. The Morgan fingerprint density at radius 1 is 0.278 bits per heavy atom. The van der Waals surface area contributed by atoms with Gasteiger partial charge in [0, 0.05) is 72.8 Å². The number of aromatic nitrogens is 5. The second kappa shape index (κ2) is 24.1. The predicted molar refractivity (Wildman–Crippen MR) is 443 cm³/mol. The Balaban J connectivity index is 0.605. The lowest BCUT2D eigenvalue weighted by atomic mass is 9.53. The average molecular weight is 1380 g/mol. The quantitative estimate of drug-likeness (QED) is 0.137. The van der Waals surface area contributed by atoms with Gasteiger partial charge in [0.25, 0.3) is 0 Å². The highest BCUT2D eigenvalue weighted by Crippen LogP contribution is 2.73. The molecular formula is C103H75N5. The van der Waals surface area contributed by atoms with Crippen LogP contribution in [-0.4, -0.2) is 24.9 Å². The van der Waals surface area contributed by atoms with Gasteiger partial charge in [-0.25, -0.2) is 24.9 Å². The van der Waals surface area contributed by atoms with Gasteiger partial charge in [-0.2, -0.15) is 0 Å². The van der Waals surface area contributed by atoms with Crippen LogP contribution < -0.4 is 0 Å². The number of hydrogen-bond acceptors (Lipinski definition) is 5. The van der Waals surface area contributed by atoms with E-state index in [4.69, 9.17) is 24.9 Å². The topological polar surface area (TPSA) is 64.5 Å². The van der Waals surface area contributed by atoms with Crippen LogP contribution >= 0.6 is 0 Å². The van der Waals surface area contributed by atoms with Gasteiger partial charge in [-0.1, -0.05) is 344 Å². The minimum absolute atomic E-state index is 0.0764. The van der Waals surface area contributed by atoms with Gasteiger partial charge in [0.15, 0.2) is 23.3 Å². The molecule has 0 saturated heterocycles. The number of nitrogens with zero attached hydrogens (tertiary/aromatic N) is 5. The highest BCUT2D eigenvalue weighted by molar-refractivity contribution is 5.91.